The molecule has 102 valence electrons. The zero-order valence-electron chi connectivity index (χ0n) is 11.7. The molecule has 3 rings (SSSR count). The van der Waals surface area contributed by atoms with Gasteiger partial charge < -0.3 is 14.5 Å². The van der Waals surface area contributed by atoms with Crippen molar-refractivity contribution in [3.05, 3.63) is 42.0 Å². The minimum atomic E-state index is 0.736. The highest BCUT2D eigenvalue weighted by Gasteiger charge is 2.11. The quantitative estimate of drug-likeness (QED) is 0.790. The fourth-order valence-electron chi connectivity index (χ4n) is 2.24. The average molecular weight is 268 g/mol. The van der Waals surface area contributed by atoms with Crippen LogP contribution in [0.1, 0.15) is 5.56 Å². The normalized spacial score (nSPS) is 10.8. The summed E-state index contributed by atoms with van der Waals surface area (Å²) in [6.45, 7) is 2.06. The van der Waals surface area contributed by atoms with Crippen LogP contribution in [0.2, 0.25) is 0 Å². The monoisotopic (exact) mass is 268 g/mol. The van der Waals surface area contributed by atoms with Crippen LogP contribution in [0.5, 0.6) is 11.5 Å². The number of ether oxygens (including phenoxy) is 2. The van der Waals surface area contributed by atoms with Gasteiger partial charge in [0.15, 0.2) is 0 Å². The van der Waals surface area contributed by atoms with E-state index in [2.05, 4.69) is 29.0 Å². The number of imidazole rings is 1. The van der Waals surface area contributed by atoms with Gasteiger partial charge in [-0.3, -0.25) is 0 Å². The second kappa shape index (κ2) is 4.89. The molecule has 0 bridgehead atoms. The van der Waals surface area contributed by atoms with Crippen molar-refractivity contribution in [1.29, 1.82) is 0 Å². The number of nitrogens with one attached hydrogen (secondary N) is 1. The third-order valence-electron chi connectivity index (χ3n) is 3.30. The van der Waals surface area contributed by atoms with Crippen molar-refractivity contribution in [3.8, 4) is 22.9 Å². The van der Waals surface area contributed by atoms with Gasteiger partial charge in [0.05, 0.1) is 30.8 Å². The van der Waals surface area contributed by atoms with Crippen molar-refractivity contribution < 1.29 is 9.47 Å². The van der Waals surface area contributed by atoms with Gasteiger partial charge in [-0.1, -0.05) is 6.07 Å². The van der Waals surface area contributed by atoms with E-state index in [1.807, 2.05) is 24.3 Å². The maximum absolute atomic E-state index is 5.42. The summed E-state index contributed by atoms with van der Waals surface area (Å²) in [7, 11) is 3.28. The lowest BCUT2D eigenvalue weighted by Crippen LogP contribution is -1.91. The largest absolute Gasteiger partial charge is 0.497 e. The van der Waals surface area contributed by atoms with E-state index in [1.165, 1.54) is 5.56 Å². The second-order valence-corrected chi connectivity index (χ2v) is 4.67. The molecule has 4 heteroatoms. The van der Waals surface area contributed by atoms with E-state index in [0.717, 1.165) is 33.9 Å². The number of benzene rings is 2. The molecule has 0 unspecified atom stereocenters. The molecule has 1 heterocycles. The molecule has 1 N–H and O–H groups in total. The topological polar surface area (TPSA) is 47.1 Å². The Kier molecular flexibility index (Phi) is 3.06. The molecule has 2 aromatic carbocycles. The van der Waals surface area contributed by atoms with Gasteiger partial charge in [-0.2, -0.15) is 0 Å². The predicted molar refractivity (Wildman–Crippen MR) is 79.4 cm³/mol. The van der Waals surface area contributed by atoms with Crippen LogP contribution in [0, 0.1) is 6.92 Å². The van der Waals surface area contributed by atoms with E-state index in [0.29, 0.717) is 0 Å². The standard InChI is InChI=1S/C16H16N2O2/c1-10-4-7-13-14(8-10)18-16(17-13)12-6-5-11(19-2)9-15(12)20-3/h4-9H,1-3H3,(H,17,18). The Morgan fingerprint density at radius 1 is 1.00 bits per heavy atom. The molecule has 0 saturated heterocycles. The minimum absolute atomic E-state index is 0.736. The zero-order valence-corrected chi connectivity index (χ0v) is 11.7. The highest BCUT2D eigenvalue weighted by molar-refractivity contribution is 5.81. The van der Waals surface area contributed by atoms with Gasteiger partial charge in [-0.25, -0.2) is 4.98 Å². The predicted octanol–water partition coefficient (Wildman–Crippen LogP) is 3.56. The maximum Gasteiger partial charge on any atom is 0.142 e. The average Bonchev–Trinajstić information content (AvgIpc) is 2.89. The third kappa shape index (κ3) is 2.09. The van der Waals surface area contributed by atoms with Crippen LogP contribution in [0.3, 0.4) is 0 Å². The van der Waals surface area contributed by atoms with E-state index in [-0.39, 0.29) is 0 Å². The lowest BCUT2D eigenvalue weighted by Gasteiger charge is -2.08. The number of aryl methyl sites for hydroxylation is 1. The summed E-state index contributed by atoms with van der Waals surface area (Å²) in [6, 6.07) is 11.9. The van der Waals surface area contributed by atoms with E-state index in [9.17, 15) is 0 Å². The van der Waals surface area contributed by atoms with Gasteiger partial charge in [-0.05, 0) is 36.8 Å². The summed E-state index contributed by atoms with van der Waals surface area (Å²) >= 11 is 0. The Bertz CT molecular complexity index is 762. The van der Waals surface area contributed by atoms with Gasteiger partial charge in [0.2, 0.25) is 0 Å². The van der Waals surface area contributed by atoms with E-state index in [4.69, 9.17) is 9.47 Å². The zero-order chi connectivity index (χ0) is 14.1. The Balaban J connectivity index is 2.14. The molecule has 0 saturated carbocycles. The highest BCUT2D eigenvalue weighted by Crippen LogP contribution is 2.32. The fourth-order valence-corrected chi connectivity index (χ4v) is 2.24. The van der Waals surface area contributed by atoms with Crippen LogP contribution in [0.4, 0.5) is 0 Å². The first-order valence-electron chi connectivity index (χ1n) is 6.40. The molecule has 1 aromatic heterocycles. The number of aromatic amines is 1. The molecular formula is C16H16N2O2. The lowest BCUT2D eigenvalue weighted by molar-refractivity contribution is 0.395. The molecule has 4 nitrogen and oxygen atoms in total. The molecule has 0 aliphatic rings. The molecule has 0 amide bonds. The number of nitrogens with zero attached hydrogens (tertiary/aromatic N) is 1. The summed E-state index contributed by atoms with van der Waals surface area (Å²) in [5.74, 6) is 2.29. The second-order valence-electron chi connectivity index (χ2n) is 4.67. The molecule has 0 aliphatic heterocycles. The van der Waals surface area contributed by atoms with E-state index < -0.39 is 0 Å². The summed E-state index contributed by atoms with van der Waals surface area (Å²) in [4.78, 5) is 7.95. The summed E-state index contributed by atoms with van der Waals surface area (Å²) < 4.78 is 10.6. The molecular weight excluding hydrogens is 252 g/mol. The van der Waals surface area contributed by atoms with Crippen LogP contribution >= 0.6 is 0 Å². The molecule has 3 aromatic rings. The number of methoxy groups -OCH3 is 2. The van der Waals surface area contributed by atoms with Crippen molar-refractivity contribution in [1.82, 2.24) is 9.97 Å². The van der Waals surface area contributed by atoms with Crippen molar-refractivity contribution in [2.75, 3.05) is 14.2 Å². The van der Waals surface area contributed by atoms with Crippen LogP contribution < -0.4 is 9.47 Å². The molecule has 0 atom stereocenters. The number of H-pyrrole nitrogens is 1. The first-order valence-corrected chi connectivity index (χ1v) is 6.40. The minimum Gasteiger partial charge on any atom is -0.497 e. The van der Waals surface area contributed by atoms with Gasteiger partial charge in [-0.15, -0.1) is 0 Å². The van der Waals surface area contributed by atoms with Crippen molar-refractivity contribution in [3.63, 3.8) is 0 Å². The number of aromatic nitrogens is 2. The summed E-state index contributed by atoms with van der Waals surface area (Å²) in [5, 5.41) is 0. The molecule has 0 fully saturated rings. The van der Waals surface area contributed by atoms with Crippen LogP contribution in [0.15, 0.2) is 36.4 Å². The van der Waals surface area contributed by atoms with Crippen molar-refractivity contribution in [2.24, 2.45) is 0 Å². The van der Waals surface area contributed by atoms with E-state index in [1.54, 1.807) is 14.2 Å². The summed E-state index contributed by atoms with van der Waals surface area (Å²) in [5.41, 5.74) is 4.08. The van der Waals surface area contributed by atoms with Gasteiger partial charge >= 0.3 is 0 Å². The number of rotatable bonds is 3. The van der Waals surface area contributed by atoms with Crippen LogP contribution in [-0.2, 0) is 0 Å². The van der Waals surface area contributed by atoms with Crippen LogP contribution in [0.25, 0.3) is 22.4 Å². The third-order valence-corrected chi connectivity index (χ3v) is 3.30. The molecule has 0 aliphatic carbocycles. The maximum atomic E-state index is 5.42. The van der Waals surface area contributed by atoms with Crippen LogP contribution in [-0.4, -0.2) is 24.2 Å². The first kappa shape index (κ1) is 12.5. The Labute approximate surface area is 117 Å². The molecule has 0 spiro atoms. The highest BCUT2D eigenvalue weighted by atomic mass is 16.5. The number of fused-ring (bicyclic) bond motifs is 1. The van der Waals surface area contributed by atoms with Gasteiger partial charge in [0, 0.05) is 6.07 Å². The van der Waals surface area contributed by atoms with Crippen molar-refractivity contribution in [2.45, 2.75) is 6.92 Å². The fraction of sp³-hybridized carbons (Fsp3) is 0.188. The van der Waals surface area contributed by atoms with Gasteiger partial charge in [0.1, 0.15) is 17.3 Å². The summed E-state index contributed by atoms with van der Waals surface area (Å²) in [6.07, 6.45) is 0. The number of hydrogen-bond donors (Lipinski definition) is 1. The first-order chi connectivity index (χ1) is 9.71. The van der Waals surface area contributed by atoms with E-state index >= 15 is 0 Å². The molecule has 20 heavy (non-hydrogen) atoms. The lowest BCUT2D eigenvalue weighted by atomic mass is 10.2. The molecule has 0 radical (unpaired) electrons. The van der Waals surface area contributed by atoms with Crippen molar-refractivity contribution >= 4 is 11.0 Å². The SMILES string of the molecule is COc1ccc(-c2nc3cc(C)ccc3[nH]2)c(OC)c1. The Hall–Kier alpha value is -2.49. The Morgan fingerprint density at radius 3 is 2.60 bits per heavy atom. The van der Waals surface area contributed by atoms with Gasteiger partial charge in [0.25, 0.3) is 0 Å². The number of hydrogen-bond acceptors (Lipinski definition) is 3. The Morgan fingerprint density at radius 2 is 1.85 bits per heavy atom. The smallest absolute Gasteiger partial charge is 0.142 e.